The first-order valence-corrected chi connectivity index (χ1v) is 11.2. The number of carbonyl (C=O) groups is 3. The number of nitrogens with one attached hydrogen (secondary N) is 4. The third-order valence-corrected chi connectivity index (χ3v) is 4.61. The highest BCUT2D eigenvalue weighted by atomic mass is 32.1. The lowest BCUT2D eigenvalue weighted by atomic mass is 10.2. The second kappa shape index (κ2) is 13.2. The number of unbranched alkanes of at least 4 members (excludes halogenated alkanes) is 1. The molecule has 0 aliphatic carbocycles. The largest absolute Gasteiger partial charge is 0.492 e. The van der Waals surface area contributed by atoms with E-state index in [1.54, 1.807) is 48.5 Å². The molecule has 3 amide bonds. The maximum absolute atomic E-state index is 12.6. The Kier molecular flexibility index (Phi) is 10.3. The van der Waals surface area contributed by atoms with Crippen LogP contribution < -0.4 is 26.2 Å². The predicted molar refractivity (Wildman–Crippen MR) is 132 cm³/mol. The molecule has 0 radical (unpaired) electrons. The van der Waals surface area contributed by atoms with Crippen LogP contribution in [-0.4, -0.2) is 29.4 Å². The van der Waals surface area contributed by atoms with E-state index in [1.807, 2.05) is 20.8 Å². The topological polar surface area (TPSA) is 109 Å². The van der Waals surface area contributed by atoms with Crippen molar-refractivity contribution in [2.24, 2.45) is 5.92 Å². The molecule has 8 nitrogen and oxygen atoms in total. The van der Waals surface area contributed by atoms with Gasteiger partial charge in [0.25, 0.3) is 11.8 Å². The van der Waals surface area contributed by atoms with Gasteiger partial charge in [0.15, 0.2) is 5.11 Å². The van der Waals surface area contributed by atoms with Gasteiger partial charge in [-0.3, -0.25) is 30.6 Å². The highest BCUT2D eigenvalue weighted by Gasteiger charge is 2.14. The fourth-order valence-electron chi connectivity index (χ4n) is 2.69. The molecule has 0 spiro atoms. The van der Waals surface area contributed by atoms with Crippen LogP contribution in [0.4, 0.5) is 5.69 Å². The van der Waals surface area contributed by atoms with E-state index in [1.165, 1.54) is 0 Å². The third kappa shape index (κ3) is 8.89. The molecule has 0 atom stereocenters. The van der Waals surface area contributed by atoms with E-state index in [0.717, 1.165) is 12.8 Å². The van der Waals surface area contributed by atoms with Crippen LogP contribution in [0.3, 0.4) is 0 Å². The summed E-state index contributed by atoms with van der Waals surface area (Å²) in [6, 6.07) is 13.3. The molecule has 0 heterocycles. The van der Waals surface area contributed by atoms with E-state index in [9.17, 15) is 14.4 Å². The number of benzene rings is 2. The molecule has 0 aliphatic heterocycles. The lowest BCUT2D eigenvalue weighted by Crippen LogP contribution is -2.48. The van der Waals surface area contributed by atoms with Gasteiger partial charge in [-0.15, -0.1) is 0 Å². The summed E-state index contributed by atoms with van der Waals surface area (Å²) in [4.78, 5) is 36.7. The van der Waals surface area contributed by atoms with Gasteiger partial charge < -0.3 is 10.1 Å². The van der Waals surface area contributed by atoms with Crippen LogP contribution in [0, 0.1) is 5.92 Å². The van der Waals surface area contributed by atoms with Gasteiger partial charge in [0.2, 0.25) is 5.91 Å². The fourth-order valence-corrected chi connectivity index (χ4v) is 2.83. The number of hydrogen-bond donors (Lipinski definition) is 4. The number of hydrazine groups is 1. The van der Waals surface area contributed by atoms with Gasteiger partial charge in [-0.2, -0.15) is 0 Å². The molecule has 2 aromatic rings. The van der Waals surface area contributed by atoms with Crippen molar-refractivity contribution in [2.75, 3.05) is 11.9 Å². The first-order chi connectivity index (χ1) is 15.8. The average molecular weight is 471 g/mol. The molecule has 4 N–H and O–H groups in total. The Hall–Kier alpha value is -3.46. The molecule has 9 heteroatoms. The van der Waals surface area contributed by atoms with Crippen LogP contribution in [0.25, 0.3) is 0 Å². The van der Waals surface area contributed by atoms with Crippen molar-refractivity contribution < 1.29 is 19.1 Å². The number of amides is 3. The molecule has 0 saturated heterocycles. The second-order valence-corrected chi connectivity index (χ2v) is 8.20. The summed E-state index contributed by atoms with van der Waals surface area (Å²) in [6.07, 6.45) is 2.23. The monoisotopic (exact) mass is 470 g/mol. The Balaban J connectivity index is 1.85. The quantitative estimate of drug-likeness (QED) is 0.328. The number of rotatable bonds is 9. The van der Waals surface area contributed by atoms with Crippen LogP contribution in [0.15, 0.2) is 48.5 Å². The van der Waals surface area contributed by atoms with Crippen molar-refractivity contribution in [3.63, 3.8) is 0 Å². The summed E-state index contributed by atoms with van der Waals surface area (Å²) in [7, 11) is 0. The summed E-state index contributed by atoms with van der Waals surface area (Å²) in [5, 5.41) is 5.24. The molecule has 0 aromatic heterocycles. The molecule has 0 fully saturated rings. The van der Waals surface area contributed by atoms with E-state index >= 15 is 0 Å². The number of para-hydroxylation sites is 1. The molecular weight excluding hydrogens is 440 g/mol. The SMILES string of the molecule is CCCCC(=O)Nc1ccc(C(=O)NNC(=S)NC(=O)c2ccccc2OCC(C)C)cc1. The first kappa shape index (κ1) is 25.8. The normalized spacial score (nSPS) is 10.3. The predicted octanol–water partition coefficient (Wildman–Crippen LogP) is 3.80. The van der Waals surface area contributed by atoms with Crippen molar-refractivity contribution in [3.8, 4) is 5.75 Å². The molecule has 2 rings (SSSR count). The van der Waals surface area contributed by atoms with Gasteiger partial charge in [-0.05, 0) is 61.0 Å². The third-order valence-electron chi connectivity index (χ3n) is 4.41. The lowest BCUT2D eigenvalue weighted by molar-refractivity contribution is -0.116. The summed E-state index contributed by atoms with van der Waals surface area (Å²) < 4.78 is 5.69. The zero-order valence-corrected chi connectivity index (χ0v) is 19.9. The van der Waals surface area contributed by atoms with Gasteiger partial charge in [0.05, 0.1) is 12.2 Å². The lowest BCUT2D eigenvalue weighted by Gasteiger charge is -2.14. The average Bonchev–Trinajstić information content (AvgIpc) is 2.80. The van der Waals surface area contributed by atoms with Gasteiger partial charge in [-0.1, -0.05) is 39.3 Å². The Morgan fingerprint density at radius 2 is 1.67 bits per heavy atom. The number of thiocarbonyl (C=S) groups is 1. The van der Waals surface area contributed by atoms with Gasteiger partial charge in [-0.25, -0.2) is 0 Å². The standard InChI is InChI=1S/C24H30N4O4S/c1-4-5-10-21(29)25-18-13-11-17(12-14-18)22(30)27-28-24(33)26-23(31)19-8-6-7-9-20(19)32-15-16(2)3/h6-9,11-14,16H,4-5,10,15H2,1-3H3,(H,25,29)(H,27,30)(H2,26,28,31,33). The summed E-state index contributed by atoms with van der Waals surface area (Å²) in [5.41, 5.74) is 6.25. The summed E-state index contributed by atoms with van der Waals surface area (Å²) >= 11 is 5.10. The maximum Gasteiger partial charge on any atom is 0.269 e. The zero-order chi connectivity index (χ0) is 24.2. The summed E-state index contributed by atoms with van der Waals surface area (Å²) in [5.74, 6) is -0.198. The van der Waals surface area contributed by atoms with Crippen molar-refractivity contribution >= 4 is 40.7 Å². The molecular formula is C24H30N4O4S. The van der Waals surface area contributed by atoms with Crippen molar-refractivity contribution in [1.82, 2.24) is 16.2 Å². The minimum Gasteiger partial charge on any atom is -0.492 e. The Bertz CT molecular complexity index is 977. The van der Waals surface area contributed by atoms with E-state index in [0.29, 0.717) is 41.5 Å². The van der Waals surface area contributed by atoms with Crippen LogP contribution in [0.1, 0.15) is 60.7 Å². The molecule has 2 aromatic carbocycles. The Morgan fingerprint density at radius 1 is 0.970 bits per heavy atom. The van der Waals surface area contributed by atoms with Gasteiger partial charge in [0.1, 0.15) is 5.75 Å². The van der Waals surface area contributed by atoms with Gasteiger partial charge in [0, 0.05) is 17.7 Å². The van der Waals surface area contributed by atoms with Crippen LogP contribution >= 0.6 is 12.2 Å². The molecule has 33 heavy (non-hydrogen) atoms. The fraction of sp³-hybridized carbons (Fsp3) is 0.333. The zero-order valence-electron chi connectivity index (χ0n) is 19.1. The van der Waals surface area contributed by atoms with E-state index in [-0.39, 0.29) is 11.0 Å². The minimum atomic E-state index is -0.454. The maximum atomic E-state index is 12.6. The molecule has 0 bridgehead atoms. The van der Waals surface area contributed by atoms with E-state index in [4.69, 9.17) is 17.0 Å². The number of hydrogen-bond acceptors (Lipinski definition) is 5. The van der Waals surface area contributed by atoms with E-state index in [2.05, 4.69) is 21.5 Å². The van der Waals surface area contributed by atoms with Crippen molar-refractivity contribution in [2.45, 2.75) is 40.0 Å². The van der Waals surface area contributed by atoms with Crippen LogP contribution in [-0.2, 0) is 4.79 Å². The van der Waals surface area contributed by atoms with E-state index < -0.39 is 11.8 Å². The van der Waals surface area contributed by atoms with Crippen LogP contribution in [0.2, 0.25) is 0 Å². The molecule has 0 saturated carbocycles. The number of carbonyl (C=O) groups excluding carboxylic acids is 3. The number of anilines is 1. The van der Waals surface area contributed by atoms with Crippen LogP contribution in [0.5, 0.6) is 5.75 Å². The molecule has 176 valence electrons. The van der Waals surface area contributed by atoms with Gasteiger partial charge >= 0.3 is 0 Å². The number of ether oxygens (including phenoxy) is 1. The Morgan fingerprint density at radius 3 is 2.33 bits per heavy atom. The Labute approximate surface area is 199 Å². The van der Waals surface area contributed by atoms with Crippen molar-refractivity contribution in [3.05, 3.63) is 59.7 Å². The summed E-state index contributed by atoms with van der Waals surface area (Å²) in [6.45, 7) is 6.53. The highest BCUT2D eigenvalue weighted by Crippen LogP contribution is 2.18. The smallest absolute Gasteiger partial charge is 0.269 e. The van der Waals surface area contributed by atoms with Crippen molar-refractivity contribution in [1.29, 1.82) is 0 Å². The minimum absolute atomic E-state index is 0.0620. The highest BCUT2D eigenvalue weighted by molar-refractivity contribution is 7.80. The second-order valence-electron chi connectivity index (χ2n) is 7.79. The molecule has 0 aliphatic rings. The molecule has 0 unspecified atom stereocenters. The first-order valence-electron chi connectivity index (χ1n) is 10.8.